The van der Waals surface area contributed by atoms with E-state index >= 15 is 0 Å². The fourth-order valence-electron chi connectivity index (χ4n) is 4.62. The number of hydrogen-bond donors (Lipinski definition) is 1. The maximum absolute atomic E-state index is 14.4. The van der Waals surface area contributed by atoms with Crippen LogP contribution >= 0.6 is 7.60 Å². The number of nitrogens with zero attached hydrogens (tertiary/aromatic N) is 1. The number of aromatic hydroxyl groups is 1. The molecule has 0 radical (unpaired) electrons. The van der Waals surface area contributed by atoms with Gasteiger partial charge in [-0.1, -0.05) is 71.9 Å². The van der Waals surface area contributed by atoms with Crippen molar-refractivity contribution in [1.82, 2.24) is 4.90 Å². The zero-order valence-corrected chi connectivity index (χ0v) is 25.7. The van der Waals surface area contributed by atoms with E-state index in [9.17, 15) is 27.6 Å². The van der Waals surface area contributed by atoms with Gasteiger partial charge in [-0.3, -0.25) is 9.36 Å². The van der Waals surface area contributed by atoms with Crippen molar-refractivity contribution in [3.8, 4) is 5.75 Å². The van der Waals surface area contributed by atoms with E-state index in [1.807, 2.05) is 71.9 Å². The van der Waals surface area contributed by atoms with Crippen molar-refractivity contribution >= 4 is 13.5 Å². The number of aryl methyl sites for hydroxylation is 1. The van der Waals surface area contributed by atoms with Gasteiger partial charge in [-0.15, -0.1) is 0 Å². The van der Waals surface area contributed by atoms with Crippen molar-refractivity contribution in [1.29, 1.82) is 0 Å². The molecule has 0 heterocycles. The molecule has 0 aliphatic carbocycles. The monoisotopic (exact) mass is 585 g/mol. The number of alkyl halides is 3. The van der Waals surface area contributed by atoms with Crippen LogP contribution in [0.5, 0.6) is 5.75 Å². The maximum Gasteiger partial charge on any atom is 0.471 e. The van der Waals surface area contributed by atoms with Crippen molar-refractivity contribution in [3.05, 3.63) is 64.7 Å². The average Bonchev–Trinajstić information content (AvgIpc) is 2.82. The number of halogens is 3. The van der Waals surface area contributed by atoms with Crippen molar-refractivity contribution in [2.24, 2.45) is 0 Å². The molecule has 0 saturated heterocycles. The minimum absolute atomic E-state index is 0.00271. The largest absolute Gasteiger partial charge is 0.507 e. The number of phenolic OH excluding ortho intramolecular Hbond substituents is 1. The highest BCUT2D eigenvalue weighted by Crippen LogP contribution is 2.63. The zero-order chi connectivity index (χ0) is 30.5. The van der Waals surface area contributed by atoms with Crippen LogP contribution in [0.4, 0.5) is 13.2 Å². The van der Waals surface area contributed by atoms with E-state index in [1.165, 1.54) is 12.1 Å². The number of hydrogen-bond acceptors (Lipinski definition) is 5. The van der Waals surface area contributed by atoms with Gasteiger partial charge < -0.3 is 19.1 Å². The molecular formula is C30H43F3NO5P. The molecule has 10 heteroatoms. The topological polar surface area (TPSA) is 76.1 Å². The van der Waals surface area contributed by atoms with E-state index in [0.29, 0.717) is 22.4 Å². The summed E-state index contributed by atoms with van der Waals surface area (Å²) in [5.41, 5.74) is 0.684. The van der Waals surface area contributed by atoms with Gasteiger partial charge >= 0.3 is 19.7 Å². The number of phenols is 1. The van der Waals surface area contributed by atoms with Crippen molar-refractivity contribution in [2.45, 2.75) is 91.0 Å². The third-order valence-corrected chi connectivity index (χ3v) is 8.88. The Bertz CT molecular complexity index is 1140. The Morgan fingerprint density at radius 1 is 0.925 bits per heavy atom. The zero-order valence-electron chi connectivity index (χ0n) is 24.8. The van der Waals surface area contributed by atoms with Crippen LogP contribution in [0.2, 0.25) is 0 Å². The second-order valence-electron chi connectivity index (χ2n) is 11.8. The first-order valence-corrected chi connectivity index (χ1v) is 15.2. The lowest BCUT2D eigenvalue weighted by Gasteiger charge is -2.38. The van der Waals surface area contributed by atoms with Crippen molar-refractivity contribution in [3.63, 3.8) is 0 Å². The fraction of sp³-hybridized carbons (Fsp3) is 0.567. The normalized spacial score (nSPS) is 13.8. The predicted molar refractivity (Wildman–Crippen MR) is 152 cm³/mol. The van der Waals surface area contributed by atoms with Crippen LogP contribution in [0.25, 0.3) is 0 Å². The van der Waals surface area contributed by atoms with Crippen LogP contribution in [0.3, 0.4) is 0 Å². The number of carbonyl (C=O) groups is 1. The molecule has 224 valence electrons. The molecule has 6 nitrogen and oxygen atoms in total. The summed E-state index contributed by atoms with van der Waals surface area (Å²) in [6, 6.07) is 12.2. The third kappa shape index (κ3) is 8.34. The SMILES string of the molecule is CCOP(=O)(OCC)C(c1cc(C(C)(C)C)c(O)c(C(C)(C)C)c1)N(CCCc1ccccc1)C(=O)C(F)(F)F. The first kappa shape index (κ1) is 33.9. The Kier molecular flexibility index (Phi) is 11.1. The summed E-state index contributed by atoms with van der Waals surface area (Å²) in [5.74, 6) is -3.82. The lowest BCUT2D eigenvalue weighted by Crippen LogP contribution is -2.44. The van der Waals surface area contributed by atoms with Crippen LogP contribution < -0.4 is 0 Å². The van der Waals surface area contributed by atoms with Gasteiger partial charge in [0.2, 0.25) is 0 Å². The molecule has 1 amide bonds. The molecule has 0 aromatic heterocycles. The lowest BCUT2D eigenvalue weighted by atomic mass is 9.78. The Morgan fingerprint density at radius 3 is 1.80 bits per heavy atom. The minimum atomic E-state index is -5.23. The van der Waals surface area contributed by atoms with Crippen LogP contribution in [-0.2, 0) is 35.7 Å². The maximum atomic E-state index is 14.4. The second-order valence-corrected chi connectivity index (χ2v) is 13.9. The molecule has 0 aliphatic heterocycles. The standard InChI is InChI=1S/C30H43F3NO5P/c1-9-38-40(37,39-10-2)26(22-19-23(28(3,4)5)25(35)24(20-22)29(6,7)8)34(27(36)30(31,32)33)18-14-17-21-15-12-11-13-16-21/h11-13,15-16,19-20,26,35H,9-10,14,17-18H2,1-8H3. The highest BCUT2D eigenvalue weighted by molar-refractivity contribution is 7.54. The Balaban J connectivity index is 2.86. The van der Waals surface area contributed by atoms with E-state index in [1.54, 1.807) is 13.8 Å². The Labute approximate surface area is 236 Å². The molecule has 0 saturated carbocycles. The first-order chi connectivity index (χ1) is 18.4. The molecule has 0 aliphatic rings. The van der Waals surface area contributed by atoms with Gasteiger partial charge in [0.15, 0.2) is 5.78 Å². The van der Waals surface area contributed by atoms with Gasteiger partial charge in [0.05, 0.1) is 13.2 Å². The smallest absolute Gasteiger partial charge is 0.471 e. The number of carbonyl (C=O) groups excluding carboxylic acids is 1. The van der Waals surface area contributed by atoms with E-state index in [4.69, 9.17) is 9.05 Å². The van der Waals surface area contributed by atoms with E-state index in [2.05, 4.69) is 0 Å². The Morgan fingerprint density at radius 2 is 1.40 bits per heavy atom. The van der Waals surface area contributed by atoms with E-state index < -0.39 is 36.3 Å². The van der Waals surface area contributed by atoms with E-state index in [-0.39, 0.29) is 37.5 Å². The van der Waals surface area contributed by atoms with Crippen molar-refractivity contribution < 1.29 is 36.7 Å². The summed E-state index contributed by atoms with van der Waals surface area (Å²) >= 11 is 0. The lowest BCUT2D eigenvalue weighted by molar-refractivity contribution is -0.187. The summed E-state index contributed by atoms with van der Waals surface area (Å²) in [5, 5.41) is 11.2. The summed E-state index contributed by atoms with van der Waals surface area (Å²) in [6.45, 7) is 13.7. The molecular weight excluding hydrogens is 542 g/mol. The fourth-order valence-corrected chi connectivity index (χ4v) is 6.77. The molecule has 1 N–H and O–H groups in total. The van der Waals surface area contributed by atoms with Gasteiger partial charge in [0.1, 0.15) is 5.75 Å². The molecule has 2 aromatic rings. The molecule has 0 bridgehead atoms. The first-order valence-electron chi connectivity index (χ1n) is 13.5. The summed E-state index contributed by atoms with van der Waals surface area (Å²) in [4.78, 5) is 13.6. The summed E-state index contributed by atoms with van der Waals surface area (Å²) < 4.78 is 67.8. The quantitative estimate of drug-likeness (QED) is 0.269. The molecule has 40 heavy (non-hydrogen) atoms. The predicted octanol–water partition coefficient (Wildman–Crippen LogP) is 8.28. The van der Waals surface area contributed by atoms with Gasteiger partial charge in [-0.25, -0.2) is 0 Å². The number of benzene rings is 2. The van der Waals surface area contributed by atoms with E-state index in [0.717, 1.165) is 5.56 Å². The van der Waals surface area contributed by atoms with Crippen LogP contribution in [0, 0.1) is 0 Å². The van der Waals surface area contributed by atoms with Crippen molar-refractivity contribution in [2.75, 3.05) is 19.8 Å². The second kappa shape index (κ2) is 13.1. The molecule has 2 aromatic carbocycles. The van der Waals surface area contributed by atoms with Gasteiger partial charge in [-0.05, 0) is 71.9 Å². The number of amides is 1. The van der Waals surface area contributed by atoms with Gasteiger partial charge in [0, 0.05) is 6.54 Å². The van der Waals surface area contributed by atoms with Crippen LogP contribution in [0.1, 0.15) is 89.8 Å². The molecule has 2 rings (SSSR count). The molecule has 1 unspecified atom stereocenters. The summed E-state index contributed by atoms with van der Waals surface area (Å²) in [6.07, 6.45) is -4.65. The van der Waals surface area contributed by atoms with Crippen LogP contribution in [0.15, 0.2) is 42.5 Å². The Hall–Kier alpha value is -2.35. The van der Waals surface area contributed by atoms with Crippen LogP contribution in [-0.4, -0.2) is 41.8 Å². The highest BCUT2D eigenvalue weighted by Gasteiger charge is 2.51. The summed E-state index contributed by atoms with van der Waals surface area (Å²) in [7, 11) is -4.38. The minimum Gasteiger partial charge on any atom is -0.507 e. The van der Waals surface area contributed by atoms with Gasteiger partial charge in [0.25, 0.3) is 0 Å². The molecule has 1 atom stereocenters. The third-order valence-electron chi connectivity index (χ3n) is 6.47. The highest BCUT2D eigenvalue weighted by atomic mass is 31.2. The van der Waals surface area contributed by atoms with Gasteiger partial charge in [-0.2, -0.15) is 13.2 Å². The molecule has 0 fully saturated rings. The average molecular weight is 586 g/mol. The number of rotatable bonds is 11. The molecule has 0 spiro atoms.